The molecule has 0 spiro atoms. The number of likely N-dealkylation sites (tertiary alicyclic amines) is 1. The first-order chi connectivity index (χ1) is 10.0. The summed E-state index contributed by atoms with van der Waals surface area (Å²) >= 11 is 0. The molecule has 1 fully saturated rings. The van der Waals surface area contributed by atoms with Gasteiger partial charge in [-0.3, -0.25) is 9.59 Å². The Balaban J connectivity index is 2.03. The van der Waals surface area contributed by atoms with Crippen molar-refractivity contribution in [2.45, 2.75) is 26.2 Å². The number of amides is 1. The van der Waals surface area contributed by atoms with Crippen molar-refractivity contribution in [3.8, 4) is 5.75 Å². The molecule has 1 aliphatic rings. The number of hydrogen-bond donors (Lipinski definition) is 1. The maximum atomic E-state index is 12.3. The van der Waals surface area contributed by atoms with Crippen LogP contribution in [0.5, 0.6) is 5.75 Å². The number of hydrogen-bond acceptors (Lipinski definition) is 3. The van der Waals surface area contributed by atoms with Gasteiger partial charge in [-0.1, -0.05) is 19.1 Å². The lowest BCUT2D eigenvalue weighted by atomic mass is 9.84. The smallest absolute Gasteiger partial charge is 0.311 e. The summed E-state index contributed by atoms with van der Waals surface area (Å²) in [6.45, 7) is 2.69. The molecule has 1 N–H and O–H groups in total. The Labute approximate surface area is 124 Å². The number of carboxylic acids is 1. The highest BCUT2D eigenvalue weighted by Gasteiger charge is 2.44. The van der Waals surface area contributed by atoms with Crippen LogP contribution in [0.2, 0.25) is 0 Å². The largest absolute Gasteiger partial charge is 0.497 e. The number of aliphatic carboxylic acids is 1. The molecule has 0 aliphatic carbocycles. The molecule has 5 heteroatoms. The molecule has 1 atom stereocenters. The number of ether oxygens (including phenoxy) is 1. The van der Waals surface area contributed by atoms with E-state index in [1.54, 1.807) is 12.0 Å². The van der Waals surface area contributed by atoms with Gasteiger partial charge in [0.25, 0.3) is 0 Å². The lowest BCUT2D eigenvalue weighted by molar-refractivity contribution is -0.148. The maximum Gasteiger partial charge on any atom is 0.311 e. The lowest BCUT2D eigenvalue weighted by Gasteiger charge is -2.23. The highest BCUT2D eigenvalue weighted by Crippen LogP contribution is 2.34. The third-order valence-corrected chi connectivity index (χ3v) is 4.33. The number of carbonyl (C=O) groups excluding carboxylic acids is 1. The average Bonchev–Trinajstić information content (AvgIpc) is 2.93. The second-order valence-electron chi connectivity index (χ2n) is 5.53. The van der Waals surface area contributed by atoms with Crippen LogP contribution >= 0.6 is 0 Å². The first-order valence-electron chi connectivity index (χ1n) is 7.15. The second-order valence-corrected chi connectivity index (χ2v) is 5.53. The SMILES string of the molecule is CCC1(C(=O)O)CCN(C(=O)Cc2cccc(OC)c2)C1. The maximum absolute atomic E-state index is 12.3. The summed E-state index contributed by atoms with van der Waals surface area (Å²) in [5, 5.41) is 9.37. The van der Waals surface area contributed by atoms with E-state index in [1.165, 1.54) is 0 Å². The van der Waals surface area contributed by atoms with Gasteiger partial charge in [0, 0.05) is 13.1 Å². The van der Waals surface area contributed by atoms with Crippen LogP contribution in [0.15, 0.2) is 24.3 Å². The molecule has 1 amide bonds. The van der Waals surface area contributed by atoms with E-state index in [2.05, 4.69) is 0 Å². The Kier molecular flexibility index (Phi) is 4.50. The minimum atomic E-state index is -0.804. The first kappa shape index (κ1) is 15.4. The van der Waals surface area contributed by atoms with Crippen LogP contribution in [-0.4, -0.2) is 42.1 Å². The van der Waals surface area contributed by atoms with E-state index in [9.17, 15) is 14.7 Å². The van der Waals surface area contributed by atoms with Crippen LogP contribution < -0.4 is 4.74 Å². The van der Waals surface area contributed by atoms with Gasteiger partial charge in [-0.15, -0.1) is 0 Å². The van der Waals surface area contributed by atoms with Crippen molar-refractivity contribution in [1.29, 1.82) is 0 Å². The Morgan fingerprint density at radius 3 is 2.76 bits per heavy atom. The fraction of sp³-hybridized carbons (Fsp3) is 0.500. The van der Waals surface area contributed by atoms with E-state index in [-0.39, 0.29) is 12.3 Å². The molecule has 0 aromatic heterocycles. The first-order valence-corrected chi connectivity index (χ1v) is 7.15. The van der Waals surface area contributed by atoms with E-state index in [4.69, 9.17) is 4.74 Å². The van der Waals surface area contributed by atoms with E-state index in [1.807, 2.05) is 31.2 Å². The van der Waals surface area contributed by atoms with Crippen LogP contribution in [0.4, 0.5) is 0 Å². The van der Waals surface area contributed by atoms with Gasteiger partial charge in [0.05, 0.1) is 18.9 Å². The fourth-order valence-corrected chi connectivity index (χ4v) is 2.77. The van der Waals surface area contributed by atoms with E-state index in [0.717, 1.165) is 11.3 Å². The average molecular weight is 291 g/mol. The van der Waals surface area contributed by atoms with Crippen LogP contribution in [0.25, 0.3) is 0 Å². The zero-order chi connectivity index (χ0) is 15.5. The zero-order valence-corrected chi connectivity index (χ0v) is 12.5. The summed E-state index contributed by atoms with van der Waals surface area (Å²) in [6, 6.07) is 7.38. The summed E-state index contributed by atoms with van der Waals surface area (Å²) in [7, 11) is 1.59. The summed E-state index contributed by atoms with van der Waals surface area (Å²) in [4.78, 5) is 25.4. The molecule has 1 aromatic rings. The van der Waals surface area contributed by atoms with Crippen LogP contribution in [0.1, 0.15) is 25.3 Å². The predicted octanol–water partition coefficient (Wildman–Crippen LogP) is 1.95. The van der Waals surface area contributed by atoms with Gasteiger partial charge in [0.15, 0.2) is 0 Å². The molecule has 0 radical (unpaired) electrons. The van der Waals surface area contributed by atoms with E-state index < -0.39 is 11.4 Å². The number of benzene rings is 1. The molecule has 114 valence electrons. The topological polar surface area (TPSA) is 66.8 Å². The standard InChI is InChI=1S/C16H21NO4/c1-3-16(15(19)20)7-8-17(11-16)14(18)10-12-5-4-6-13(9-12)21-2/h4-6,9H,3,7-8,10-11H2,1-2H3,(H,19,20). The third-order valence-electron chi connectivity index (χ3n) is 4.33. The van der Waals surface area contributed by atoms with Crippen molar-refractivity contribution in [3.05, 3.63) is 29.8 Å². The summed E-state index contributed by atoms with van der Waals surface area (Å²) < 4.78 is 5.14. The molecule has 1 heterocycles. The molecule has 1 saturated heterocycles. The molecule has 1 aromatic carbocycles. The minimum Gasteiger partial charge on any atom is -0.497 e. The Hall–Kier alpha value is -2.04. The quantitative estimate of drug-likeness (QED) is 0.900. The van der Waals surface area contributed by atoms with E-state index >= 15 is 0 Å². The molecular weight excluding hydrogens is 270 g/mol. The summed E-state index contributed by atoms with van der Waals surface area (Å²) in [6.07, 6.45) is 1.35. The van der Waals surface area contributed by atoms with Gasteiger partial charge in [-0.25, -0.2) is 0 Å². The molecule has 21 heavy (non-hydrogen) atoms. The zero-order valence-electron chi connectivity index (χ0n) is 12.5. The van der Waals surface area contributed by atoms with Gasteiger partial charge >= 0.3 is 5.97 Å². The van der Waals surface area contributed by atoms with Crippen LogP contribution in [-0.2, 0) is 16.0 Å². The minimum absolute atomic E-state index is 0.0279. The summed E-state index contributed by atoms with van der Waals surface area (Å²) in [5.74, 6) is -0.114. The van der Waals surface area contributed by atoms with Crippen molar-refractivity contribution in [2.75, 3.05) is 20.2 Å². The number of methoxy groups -OCH3 is 1. The van der Waals surface area contributed by atoms with Crippen molar-refractivity contribution in [2.24, 2.45) is 5.41 Å². The Bertz CT molecular complexity index is 543. The second kappa shape index (κ2) is 6.16. The van der Waals surface area contributed by atoms with Gasteiger partial charge in [0.2, 0.25) is 5.91 Å². The van der Waals surface area contributed by atoms with Crippen LogP contribution in [0.3, 0.4) is 0 Å². The number of carbonyl (C=O) groups is 2. The third kappa shape index (κ3) is 3.17. The van der Waals surface area contributed by atoms with E-state index in [0.29, 0.717) is 25.9 Å². The van der Waals surface area contributed by atoms with Gasteiger partial charge in [-0.05, 0) is 30.5 Å². The monoisotopic (exact) mass is 291 g/mol. The molecule has 0 bridgehead atoms. The van der Waals surface area contributed by atoms with Gasteiger partial charge in [0.1, 0.15) is 5.75 Å². The van der Waals surface area contributed by atoms with Crippen molar-refractivity contribution in [1.82, 2.24) is 4.90 Å². The molecule has 1 aliphatic heterocycles. The van der Waals surface area contributed by atoms with Gasteiger partial charge < -0.3 is 14.7 Å². The Morgan fingerprint density at radius 2 is 2.19 bits per heavy atom. The Morgan fingerprint density at radius 1 is 1.43 bits per heavy atom. The summed E-state index contributed by atoms with van der Waals surface area (Å²) in [5.41, 5.74) is 0.105. The van der Waals surface area contributed by atoms with Crippen molar-refractivity contribution >= 4 is 11.9 Å². The van der Waals surface area contributed by atoms with Crippen molar-refractivity contribution < 1.29 is 19.4 Å². The number of carboxylic acid groups (broad SMARTS) is 1. The molecule has 5 nitrogen and oxygen atoms in total. The van der Waals surface area contributed by atoms with Gasteiger partial charge in [-0.2, -0.15) is 0 Å². The highest BCUT2D eigenvalue weighted by molar-refractivity contribution is 5.82. The number of rotatable bonds is 5. The predicted molar refractivity (Wildman–Crippen MR) is 78.3 cm³/mol. The molecule has 1 unspecified atom stereocenters. The van der Waals surface area contributed by atoms with Crippen LogP contribution in [0, 0.1) is 5.41 Å². The molecule has 2 rings (SSSR count). The van der Waals surface area contributed by atoms with Crippen molar-refractivity contribution in [3.63, 3.8) is 0 Å². The number of nitrogens with zero attached hydrogens (tertiary/aromatic N) is 1. The normalized spacial score (nSPS) is 21.3. The molecule has 0 saturated carbocycles. The fourth-order valence-electron chi connectivity index (χ4n) is 2.77. The lowest BCUT2D eigenvalue weighted by Crippen LogP contribution is -2.37. The molecular formula is C16H21NO4. The highest BCUT2D eigenvalue weighted by atomic mass is 16.5.